The van der Waals surface area contributed by atoms with E-state index in [1.165, 1.54) is 4.80 Å². The average molecular weight is 524 g/mol. The third-order valence-corrected chi connectivity index (χ3v) is 6.67. The minimum atomic E-state index is -0.00749. The number of nitrogens with zero attached hydrogens (tertiary/aromatic N) is 9. The first-order valence-corrected chi connectivity index (χ1v) is 12.8. The van der Waals surface area contributed by atoms with Crippen LogP contribution in [0.2, 0.25) is 5.02 Å². The highest BCUT2D eigenvalue weighted by Gasteiger charge is 2.21. The van der Waals surface area contributed by atoms with E-state index in [0.29, 0.717) is 43.7 Å². The van der Waals surface area contributed by atoms with Gasteiger partial charge in [-0.15, -0.1) is 10.2 Å². The molecule has 0 radical (unpaired) electrons. The Kier molecular flexibility index (Phi) is 8.02. The summed E-state index contributed by atoms with van der Waals surface area (Å²) in [5.74, 6) is 1.36. The number of benzene rings is 1. The van der Waals surface area contributed by atoms with Crippen LogP contribution in [0.1, 0.15) is 22.6 Å². The normalized spacial score (nSPS) is 17.0. The van der Waals surface area contributed by atoms with Gasteiger partial charge in [-0.3, -0.25) is 9.69 Å². The molecule has 2 fully saturated rings. The summed E-state index contributed by atoms with van der Waals surface area (Å²) in [6.07, 6.45) is 5.28. The Morgan fingerprint density at radius 3 is 2.65 bits per heavy atom. The van der Waals surface area contributed by atoms with Crippen LogP contribution in [0.3, 0.4) is 0 Å². The van der Waals surface area contributed by atoms with E-state index in [1.54, 1.807) is 13.0 Å². The summed E-state index contributed by atoms with van der Waals surface area (Å²) in [4.78, 5) is 30.0. The number of carbonyl (C=O) groups is 1. The number of amides is 1. The van der Waals surface area contributed by atoms with E-state index in [2.05, 4.69) is 30.2 Å². The van der Waals surface area contributed by atoms with Crippen molar-refractivity contribution in [2.45, 2.75) is 20.0 Å². The molecule has 1 aromatic carbocycles. The summed E-state index contributed by atoms with van der Waals surface area (Å²) in [6.45, 7) is 8.90. The molecule has 2 aliphatic rings. The first kappa shape index (κ1) is 25.2. The molecule has 0 bridgehead atoms. The quantitative estimate of drug-likeness (QED) is 0.427. The standard InChI is InChI=1S/C25H30ClN9O2/c1-19-29-31-35(30-19)17-21-16-22(26)4-2-20(21)3-5-24(36)33-10-8-32(9-11-33)18-23-6-7-27-25(28-23)34-12-14-37-15-13-34/h2-7,16H,8-15,17-18H2,1H3/b5-3+. The first-order valence-electron chi connectivity index (χ1n) is 12.4. The second-order valence-electron chi connectivity index (χ2n) is 9.09. The summed E-state index contributed by atoms with van der Waals surface area (Å²) in [6, 6.07) is 7.53. The lowest BCUT2D eigenvalue weighted by Gasteiger charge is -2.34. The van der Waals surface area contributed by atoms with Crippen molar-refractivity contribution < 1.29 is 9.53 Å². The van der Waals surface area contributed by atoms with Gasteiger partial charge in [-0.05, 0) is 47.5 Å². The predicted octanol–water partition coefficient (Wildman–Crippen LogP) is 1.67. The highest BCUT2D eigenvalue weighted by Crippen LogP contribution is 2.19. The minimum Gasteiger partial charge on any atom is -0.378 e. The van der Waals surface area contributed by atoms with Crippen LogP contribution in [-0.2, 0) is 22.6 Å². The molecule has 11 nitrogen and oxygen atoms in total. The third kappa shape index (κ3) is 6.68. The van der Waals surface area contributed by atoms with Gasteiger partial charge in [-0.1, -0.05) is 17.7 Å². The number of hydrogen-bond donors (Lipinski definition) is 0. The monoisotopic (exact) mass is 523 g/mol. The first-order chi connectivity index (χ1) is 18.0. The molecule has 2 aromatic heterocycles. The molecule has 1 amide bonds. The summed E-state index contributed by atoms with van der Waals surface area (Å²) in [5.41, 5.74) is 2.80. The molecular formula is C25H30ClN9O2. The van der Waals surface area contributed by atoms with Crippen LogP contribution in [0.5, 0.6) is 0 Å². The van der Waals surface area contributed by atoms with E-state index in [9.17, 15) is 4.79 Å². The number of halogens is 1. The molecule has 0 atom stereocenters. The number of aryl methyl sites for hydroxylation is 1. The number of hydrogen-bond acceptors (Lipinski definition) is 9. The second-order valence-corrected chi connectivity index (χ2v) is 9.53. The smallest absolute Gasteiger partial charge is 0.246 e. The van der Waals surface area contributed by atoms with E-state index in [1.807, 2.05) is 41.4 Å². The molecule has 2 saturated heterocycles. The average Bonchev–Trinajstić information content (AvgIpc) is 3.33. The van der Waals surface area contributed by atoms with Gasteiger partial charge < -0.3 is 14.5 Å². The molecule has 194 valence electrons. The molecule has 0 aliphatic carbocycles. The van der Waals surface area contributed by atoms with Crippen molar-refractivity contribution in [3.8, 4) is 0 Å². The van der Waals surface area contributed by atoms with Crippen LogP contribution in [0.25, 0.3) is 6.08 Å². The Balaban J connectivity index is 1.15. The Labute approximate surface area is 220 Å². The number of piperazine rings is 1. The second kappa shape index (κ2) is 11.8. The summed E-state index contributed by atoms with van der Waals surface area (Å²) in [5, 5.41) is 12.8. The SMILES string of the molecule is Cc1nnn(Cc2cc(Cl)ccc2/C=C/C(=O)N2CCN(Cc3ccnc(N4CCOCC4)n3)CC2)n1. The molecule has 3 aromatic rings. The van der Waals surface area contributed by atoms with Gasteiger partial charge in [-0.2, -0.15) is 4.80 Å². The summed E-state index contributed by atoms with van der Waals surface area (Å²) >= 11 is 6.21. The van der Waals surface area contributed by atoms with E-state index in [0.717, 1.165) is 55.5 Å². The molecule has 5 rings (SSSR count). The van der Waals surface area contributed by atoms with Crippen molar-refractivity contribution in [1.82, 2.24) is 40.0 Å². The van der Waals surface area contributed by atoms with Crippen LogP contribution in [0.15, 0.2) is 36.5 Å². The number of tetrazole rings is 1. The largest absolute Gasteiger partial charge is 0.378 e. The number of anilines is 1. The van der Waals surface area contributed by atoms with Gasteiger partial charge in [0.1, 0.15) is 0 Å². The van der Waals surface area contributed by atoms with E-state index < -0.39 is 0 Å². The van der Waals surface area contributed by atoms with Gasteiger partial charge in [-0.25, -0.2) is 9.97 Å². The molecule has 37 heavy (non-hydrogen) atoms. The fraction of sp³-hybridized carbons (Fsp3) is 0.440. The van der Waals surface area contributed by atoms with Gasteiger partial charge in [0.05, 0.1) is 25.5 Å². The molecule has 0 N–H and O–H groups in total. The van der Waals surface area contributed by atoms with E-state index in [4.69, 9.17) is 21.3 Å². The molecule has 0 saturated carbocycles. The summed E-state index contributed by atoms with van der Waals surface area (Å²) < 4.78 is 5.42. The lowest BCUT2D eigenvalue weighted by atomic mass is 10.1. The zero-order valence-electron chi connectivity index (χ0n) is 20.8. The minimum absolute atomic E-state index is 0.00749. The molecule has 0 unspecified atom stereocenters. The highest BCUT2D eigenvalue weighted by atomic mass is 35.5. The van der Waals surface area contributed by atoms with Crippen molar-refractivity contribution in [2.75, 3.05) is 57.4 Å². The van der Waals surface area contributed by atoms with Crippen LogP contribution >= 0.6 is 11.6 Å². The van der Waals surface area contributed by atoms with E-state index >= 15 is 0 Å². The Morgan fingerprint density at radius 1 is 1.08 bits per heavy atom. The summed E-state index contributed by atoms with van der Waals surface area (Å²) in [7, 11) is 0. The van der Waals surface area contributed by atoms with Crippen LogP contribution < -0.4 is 4.90 Å². The van der Waals surface area contributed by atoms with Crippen LogP contribution in [-0.4, -0.2) is 98.4 Å². The molecule has 2 aliphatic heterocycles. The van der Waals surface area contributed by atoms with Gasteiger partial charge in [0.15, 0.2) is 5.82 Å². The molecule has 0 spiro atoms. The molecule has 4 heterocycles. The number of rotatable bonds is 7. The maximum absolute atomic E-state index is 12.9. The molecule has 12 heteroatoms. The van der Waals surface area contributed by atoms with Gasteiger partial charge in [0.25, 0.3) is 0 Å². The van der Waals surface area contributed by atoms with Crippen LogP contribution in [0, 0.1) is 6.92 Å². The van der Waals surface area contributed by atoms with Gasteiger partial charge >= 0.3 is 0 Å². The third-order valence-electron chi connectivity index (χ3n) is 6.44. The maximum atomic E-state index is 12.9. The number of ether oxygens (including phenoxy) is 1. The van der Waals surface area contributed by atoms with E-state index in [-0.39, 0.29) is 5.91 Å². The zero-order valence-corrected chi connectivity index (χ0v) is 21.6. The van der Waals surface area contributed by atoms with Gasteiger partial charge in [0, 0.05) is 63.1 Å². The Morgan fingerprint density at radius 2 is 1.89 bits per heavy atom. The Bertz CT molecular complexity index is 1250. The lowest BCUT2D eigenvalue weighted by Crippen LogP contribution is -2.47. The molecular weight excluding hydrogens is 494 g/mol. The fourth-order valence-corrected chi connectivity index (χ4v) is 4.62. The topological polar surface area (TPSA) is 105 Å². The predicted molar refractivity (Wildman–Crippen MR) is 139 cm³/mol. The van der Waals surface area contributed by atoms with Crippen molar-refractivity contribution >= 4 is 29.5 Å². The fourth-order valence-electron chi connectivity index (χ4n) is 4.43. The zero-order chi connectivity index (χ0) is 25.6. The van der Waals surface area contributed by atoms with Crippen molar-refractivity contribution in [2.24, 2.45) is 0 Å². The highest BCUT2D eigenvalue weighted by molar-refractivity contribution is 6.30. The van der Waals surface area contributed by atoms with Crippen LogP contribution in [0.4, 0.5) is 5.95 Å². The van der Waals surface area contributed by atoms with Crippen molar-refractivity contribution in [3.05, 3.63) is 64.2 Å². The Hall–Kier alpha value is -3.41. The number of morpholine rings is 1. The number of aromatic nitrogens is 6. The van der Waals surface area contributed by atoms with Gasteiger partial charge in [0.2, 0.25) is 11.9 Å². The van der Waals surface area contributed by atoms with Crippen molar-refractivity contribution in [1.29, 1.82) is 0 Å². The lowest BCUT2D eigenvalue weighted by molar-refractivity contribution is -0.127. The maximum Gasteiger partial charge on any atom is 0.246 e. The number of carbonyl (C=O) groups excluding carboxylic acids is 1. The van der Waals surface area contributed by atoms with Crippen molar-refractivity contribution in [3.63, 3.8) is 0 Å².